The molecule has 4 heteroatoms. The summed E-state index contributed by atoms with van der Waals surface area (Å²) in [6.45, 7) is 1.99. The Kier molecular flexibility index (Phi) is 4.15. The van der Waals surface area contributed by atoms with Gasteiger partial charge in [-0.3, -0.25) is 0 Å². The van der Waals surface area contributed by atoms with Gasteiger partial charge in [0.2, 0.25) is 0 Å². The Bertz CT molecular complexity index is 630. The van der Waals surface area contributed by atoms with Gasteiger partial charge in [0, 0.05) is 19.0 Å². The predicted molar refractivity (Wildman–Crippen MR) is 77.2 cm³/mol. The van der Waals surface area contributed by atoms with Gasteiger partial charge in [-0.2, -0.15) is 0 Å². The minimum atomic E-state index is -0.809. The Morgan fingerprint density at radius 3 is 2.81 bits per heavy atom. The van der Waals surface area contributed by atoms with Crippen LogP contribution < -0.4 is 10.1 Å². The first kappa shape index (κ1) is 14.0. The molecule has 1 atom stereocenters. The lowest BCUT2D eigenvalue weighted by Gasteiger charge is -2.25. The summed E-state index contributed by atoms with van der Waals surface area (Å²) in [6.07, 6.45) is 0.973. The summed E-state index contributed by atoms with van der Waals surface area (Å²) in [7, 11) is 0. The number of fused-ring (bicyclic) bond motifs is 1. The van der Waals surface area contributed by atoms with Crippen LogP contribution in [0.3, 0.4) is 0 Å². The molecule has 0 fully saturated rings. The highest BCUT2D eigenvalue weighted by Gasteiger charge is 2.18. The lowest BCUT2D eigenvalue weighted by atomic mass is 9.97. The molecule has 3 rings (SSSR count). The lowest BCUT2D eigenvalue weighted by molar-refractivity contribution is 0.218. The van der Waals surface area contributed by atoms with Crippen molar-refractivity contribution in [2.45, 2.75) is 13.0 Å². The number of para-hydroxylation sites is 1. The van der Waals surface area contributed by atoms with Crippen LogP contribution in [0.15, 0.2) is 42.5 Å². The molecule has 0 radical (unpaired) electrons. The highest BCUT2D eigenvalue weighted by molar-refractivity contribution is 5.35. The summed E-state index contributed by atoms with van der Waals surface area (Å²) < 4.78 is 31.7. The van der Waals surface area contributed by atoms with Gasteiger partial charge in [0.25, 0.3) is 0 Å². The Balaban J connectivity index is 1.51. The standard InChI is InChI=1S/C17H17F2NO/c18-15-6-5-12(8-16(15)19)9-20-10-13-7-14-3-1-2-4-17(14)21-11-13/h1-6,8,13,20H,7,9-11H2. The fraction of sp³-hybridized carbons (Fsp3) is 0.294. The zero-order valence-corrected chi connectivity index (χ0v) is 11.6. The molecule has 0 bridgehead atoms. The zero-order valence-electron chi connectivity index (χ0n) is 11.6. The molecule has 1 heterocycles. The zero-order chi connectivity index (χ0) is 14.7. The molecule has 2 aromatic carbocycles. The van der Waals surface area contributed by atoms with E-state index < -0.39 is 11.6 Å². The van der Waals surface area contributed by atoms with Crippen LogP contribution in [0, 0.1) is 17.6 Å². The molecule has 0 aliphatic carbocycles. The number of hydrogen-bond acceptors (Lipinski definition) is 2. The molecule has 2 aromatic rings. The topological polar surface area (TPSA) is 21.3 Å². The van der Waals surface area contributed by atoms with E-state index in [0.717, 1.165) is 30.3 Å². The van der Waals surface area contributed by atoms with Gasteiger partial charge in [-0.25, -0.2) is 8.78 Å². The maximum Gasteiger partial charge on any atom is 0.159 e. The molecule has 21 heavy (non-hydrogen) atoms. The number of benzene rings is 2. The van der Waals surface area contributed by atoms with Crippen LogP contribution in [0.1, 0.15) is 11.1 Å². The quantitative estimate of drug-likeness (QED) is 0.932. The monoisotopic (exact) mass is 289 g/mol. The molecule has 0 aromatic heterocycles. The molecule has 2 nitrogen and oxygen atoms in total. The Morgan fingerprint density at radius 2 is 1.95 bits per heavy atom. The van der Waals surface area contributed by atoms with Crippen molar-refractivity contribution in [1.29, 1.82) is 0 Å². The summed E-state index contributed by atoms with van der Waals surface area (Å²) in [6, 6.07) is 12.0. The third-order valence-electron chi connectivity index (χ3n) is 3.70. The third kappa shape index (κ3) is 3.39. The third-order valence-corrected chi connectivity index (χ3v) is 3.70. The van der Waals surface area contributed by atoms with Gasteiger partial charge < -0.3 is 10.1 Å². The Labute approximate surface area is 122 Å². The minimum Gasteiger partial charge on any atom is -0.493 e. The molecule has 0 saturated heterocycles. The van der Waals surface area contributed by atoms with Gasteiger partial charge in [0.05, 0.1) is 6.61 Å². The van der Waals surface area contributed by atoms with Gasteiger partial charge in [0.15, 0.2) is 11.6 Å². The van der Waals surface area contributed by atoms with E-state index in [1.54, 1.807) is 6.07 Å². The van der Waals surface area contributed by atoms with E-state index in [1.807, 2.05) is 18.2 Å². The maximum absolute atomic E-state index is 13.1. The second-order valence-corrected chi connectivity index (χ2v) is 5.37. The SMILES string of the molecule is Fc1ccc(CNCC2COc3ccccc3C2)cc1F. The predicted octanol–water partition coefficient (Wildman–Crippen LogP) is 3.31. The average Bonchev–Trinajstić information content (AvgIpc) is 2.51. The van der Waals surface area contributed by atoms with Crippen molar-refractivity contribution in [1.82, 2.24) is 5.32 Å². The first-order valence-electron chi connectivity index (χ1n) is 7.08. The summed E-state index contributed by atoms with van der Waals surface area (Å²) in [5.41, 5.74) is 1.97. The van der Waals surface area contributed by atoms with E-state index in [4.69, 9.17) is 4.74 Å². The maximum atomic E-state index is 13.1. The van der Waals surface area contributed by atoms with E-state index in [9.17, 15) is 8.78 Å². The van der Waals surface area contributed by atoms with Crippen LogP contribution in [-0.2, 0) is 13.0 Å². The highest BCUT2D eigenvalue weighted by atomic mass is 19.2. The second kappa shape index (κ2) is 6.22. The highest BCUT2D eigenvalue weighted by Crippen LogP contribution is 2.26. The van der Waals surface area contributed by atoms with Crippen molar-refractivity contribution in [3.05, 3.63) is 65.2 Å². The summed E-state index contributed by atoms with van der Waals surface area (Å²) in [5.74, 6) is -0.250. The molecule has 0 spiro atoms. The fourth-order valence-electron chi connectivity index (χ4n) is 2.59. The fourth-order valence-corrected chi connectivity index (χ4v) is 2.59. The number of nitrogens with one attached hydrogen (secondary N) is 1. The van der Waals surface area contributed by atoms with E-state index in [2.05, 4.69) is 11.4 Å². The number of ether oxygens (including phenoxy) is 1. The van der Waals surface area contributed by atoms with E-state index in [1.165, 1.54) is 11.6 Å². The average molecular weight is 289 g/mol. The van der Waals surface area contributed by atoms with Gasteiger partial charge in [0.1, 0.15) is 5.75 Å². The first-order chi connectivity index (χ1) is 10.2. The van der Waals surface area contributed by atoms with Crippen molar-refractivity contribution >= 4 is 0 Å². The van der Waals surface area contributed by atoms with E-state index in [-0.39, 0.29) is 0 Å². The van der Waals surface area contributed by atoms with Crippen LogP contribution in [0.5, 0.6) is 5.75 Å². The first-order valence-corrected chi connectivity index (χ1v) is 7.08. The van der Waals surface area contributed by atoms with E-state index in [0.29, 0.717) is 19.1 Å². The van der Waals surface area contributed by atoms with Crippen molar-refractivity contribution in [2.75, 3.05) is 13.2 Å². The summed E-state index contributed by atoms with van der Waals surface area (Å²) in [5, 5.41) is 3.28. The van der Waals surface area contributed by atoms with Crippen molar-refractivity contribution < 1.29 is 13.5 Å². The normalized spacial score (nSPS) is 17.1. The molecule has 110 valence electrons. The number of halogens is 2. The van der Waals surface area contributed by atoms with Crippen LogP contribution in [0.4, 0.5) is 8.78 Å². The minimum absolute atomic E-state index is 0.394. The Morgan fingerprint density at radius 1 is 1.10 bits per heavy atom. The smallest absolute Gasteiger partial charge is 0.159 e. The number of hydrogen-bond donors (Lipinski definition) is 1. The van der Waals surface area contributed by atoms with Crippen molar-refractivity contribution in [3.63, 3.8) is 0 Å². The molecule has 1 N–H and O–H groups in total. The number of rotatable bonds is 4. The lowest BCUT2D eigenvalue weighted by Crippen LogP contribution is -2.31. The van der Waals surface area contributed by atoms with Crippen LogP contribution in [-0.4, -0.2) is 13.2 Å². The second-order valence-electron chi connectivity index (χ2n) is 5.37. The summed E-state index contributed by atoms with van der Waals surface area (Å²) in [4.78, 5) is 0. The van der Waals surface area contributed by atoms with Crippen molar-refractivity contribution in [3.8, 4) is 5.75 Å². The largest absolute Gasteiger partial charge is 0.493 e. The van der Waals surface area contributed by atoms with Gasteiger partial charge in [-0.1, -0.05) is 24.3 Å². The molecule has 0 amide bonds. The van der Waals surface area contributed by atoms with Gasteiger partial charge in [-0.15, -0.1) is 0 Å². The summed E-state index contributed by atoms with van der Waals surface area (Å²) >= 11 is 0. The van der Waals surface area contributed by atoms with Crippen molar-refractivity contribution in [2.24, 2.45) is 5.92 Å². The molecule has 1 aliphatic rings. The Hall–Kier alpha value is -1.94. The van der Waals surface area contributed by atoms with Crippen LogP contribution >= 0.6 is 0 Å². The molecule has 0 saturated carbocycles. The molecule has 1 aliphatic heterocycles. The molecular weight excluding hydrogens is 272 g/mol. The van der Waals surface area contributed by atoms with Gasteiger partial charge >= 0.3 is 0 Å². The molecule has 1 unspecified atom stereocenters. The van der Waals surface area contributed by atoms with E-state index >= 15 is 0 Å². The van der Waals surface area contributed by atoms with Gasteiger partial charge in [-0.05, 0) is 35.7 Å². The van der Waals surface area contributed by atoms with Crippen LogP contribution in [0.25, 0.3) is 0 Å². The van der Waals surface area contributed by atoms with Crippen LogP contribution in [0.2, 0.25) is 0 Å². The molecular formula is C17H17F2NO.